The number of halogens is 1. The second kappa shape index (κ2) is 10.7. The molecule has 1 unspecified atom stereocenters. The minimum Gasteiger partial charge on any atom is -0.489 e. The second-order valence-electron chi connectivity index (χ2n) is 6.55. The normalized spacial score (nSPS) is 12.7. The molecule has 8 heteroatoms. The number of hydrogen-bond acceptors (Lipinski definition) is 4. The van der Waals surface area contributed by atoms with Gasteiger partial charge in [-0.05, 0) is 45.0 Å². The molecule has 154 valence electrons. The largest absolute Gasteiger partial charge is 0.489 e. The Kier molecular flexibility index (Phi) is 8.25. The minimum absolute atomic E-state index is 0.107. The van der Waals surface area contributed by atoms with E-state index in [0.717, 1.165) is 23.5 Å². The molecule has 0 saturated carbocycles. The van der Waals surface area contributed by atoms with Gasteiger partial charge in [-0.25, -0.2) is 4.39 Å². The van der Waals surface area contributed by atoms with E-state index in [4.69, 9.17) is 9.47 Å². The number of hydrogen-bond donors (Lipinski definition) is 2. The van der Waals surface area contributed by atoms with Crippen molar-refractivity contribution in [2.75, 3.05) is 27.3 Å². The van der Waals surface area contributed by atoms with Crippen LogP contribution in [0.1, 0.15) is 23.9 Å². The lowest BCUT2D eigenvalue weighted by Crippen LogP contribution is -2.41. The molecule has 0 amide bonds. The molecule has 7 nitrogen and oxygen atoms in total. The summed E-state index contributed by atoms with van der Waals surface area (Å²) in [7, 11) is 3.41. The Hall–Kier alpha value is -2.61. The van der Waals surface area contributed by atoms with Crippen LogP contribution < -0.4 is 15.4 Å². The number of aromatic nitrogens is 2. The second-order valence-corrected chi connectivity index (χ2v) is 6.55. The fourth-order valence-electron chi connectivity index (χ4n) is 2.81. The number of aliphatic imine (C=N–C) groups is 1. The fraction of sp³-hybridized carbons (Fsp3) is 0.500. The Labute approximate surface area is 165 Å². The van der Waals surface area contributed by atoms with Crippen molar-refractivity contribution in [3.05, 3.63) is 47.0 Å². The number of rotatable bonds is 9. The van der Waals surface area contributed by atoms with Gasteiger partial charge in [-0.15, -0.1) is 0 Å². The summed E-state index contributed by atoms with van der Waals surface area (Å²) in [5, 5.41) is 11.1. The molecule has 0 bridgehead atoms. The Morgan fingerprint density at radius 2 is 1.96 bits per heavy atom. The molecule has 0 aliphatic carbocycles. The molecule has 0 spiro atoms. The van der Waals surface area contributed by atoms with Crippen LogP contribution in [0.5, 0.6) is 5.75 Å². The van der Waals surface area contributed by atoms with Gasteiger partial charge >= 0.3 is 0 Å². The van der Waals surface area contributed by atoms with E-state index >= 15 is 0 Å². The number of guanidine groups is 1. The standard InChI is InChI=1S/C20H30FN5O2/c1-14(28-18-8-6-17(21)7-9-18)12-23-20(22-4)24-13-19-15(2)25-26(16(19)3)10-11-27-5/h6-9,14H,10-13H2,1-5H3,(H2,22,23,24). The van der Waals surface area contributed by atoms with E-state index in [2.05, 4.69) is 27.6 Å². The smallest absolute Gasteiger partial charge is 0.191 e. The first kappa shape index (κ1) is 21.7. The van der Waals surface area contributed by atoms with Crippen LogP contribution >= 0.6 is 0 Å². The molecule has 1 aromatic carbocycles. The van der Waals surface area contributed by atoms with Crippen LogP contribution in [-0.2, 0) is 17.8 Å². The predicted octanol–water partition coefficient (Wildman–Crippen LogP) is 2.42. The van der Waals surface area contributed by atoms with Crippen LogP contribution in [0.2, 0.25) is 0 Å². The Balaban J connectivity index is 1.84. The minimum atomic E-state index is -0.279. The average molecular weight is 391 g/mol. The SMILES string of the molecule is CN=C(NCc1c(C)nn(CCOC)c1C)NCC(C)Oc1ccc(F)cc1. The van der Waals surface area contributed by atoms with Gasteiger partial charge in [0.2, 0.25) is 0 Å². The molecule has 0 aliphatic rings. The highest BCUT2D eigenvalue weighted by Gasteiger charge is 2.12. The van der Waals surface area contributed by atoms with Crippen LogP contribution in [-0.4, -0.2) is 49.2 Å². The lowest BCUT2D eigenvalue weighted by atomic mass is 10.2. The summed E-state index contributed by atoms with van der Waals surface area (Å²) in [4.78, 5) is 4.25. The zero-order valence-electron chi connectivity index (χ0n) is 17.3. The van der Waals surface area contributed by atoms with Crippen molar-refractivity contribution in [2.24, 2.45) is 4.99 Å². The quantitative estimate of drug-likeness (QED) is 0.507. The molecule has 0 saturated heterocycles. The summed E-state index contributed by atoms with van der Waals surface area (Å²) in [6, 6.07) is 6.00. The summed E-state index contributed by atoms with van der Waals surface area (Å²) < 4.78 is 25.8. The number of nitrogens with zero attached hydrogens (tertiary/aromatic N) is 3. The van der Waals surface area contributed by atoms with Crippen molar-refractivity contribution in [3.63, 3.8) is 0 Å². The van der Waals surface area contributed by atoms with Crippen LogP contribution in [0.25, 0.3) is 0 Å². The van der Waals surface area contributed by atoms with Crippen molar-refractivity contribution in [1.29, 1.82) is 0 Å². The van der Waals surface area contributed by atoms with Gasteiger partial charge in [0.1, 0.15) is 17.7 Å². The molecular weight excluding hydrogens is 361 g/mol. The van der Waals surface area contributed by atoms with Crippen molar-refractivity contribution < 1.29 is 13.9 Å². The molecule has 0 fully saturated rings. The molecule has 0 radical (unpaired) electrons. The molecule has 2 N–H and O–H groups in total. The lowest BCUT2D eigenvalue weighted by molar-refractivity contribution is 0.182. The summed E-state index contributed by atoms with van der Waals surface area (Å²) in [6.45, 7) is 8.54. The summed E-state index contributed by atoms with van der Waals surface area (Å²) in [5.74, 6) is 1.03. The topological polar surface area (TPSA) is 72.7 Å². The van der Waals surface area contributed by atoms with E-state index < -0.39 is 0 Å². The highest BCUT2D eigenvalue weighted by Crippen LogP contribution is 2.13. The average Bonchev–Trinajstić information content (AvgIpc) is 2.95. The first-order chi connectivity index (χ1) is 13.4. The maximum Gasteiger partial charge on any atom is 0.191 e. The van der Waals surface area contributed by atoms with Crippen molar-refractivity contribution in [3.8, 4) is 5.75 Å². The van der Waals surface area contributed by atoms with Crippen molar-refractivity contribution in [2.45, 2.75) is 40.0 Å². The summed E-state index contributed by atoms with van der Waals surface area (Å²) >= 11 is 0. The fourth-order valence-corrected chi connectivity index (χ4v) is 2.81. The van der Waals surface area contributed by atoms with Crippen LogP contribution in [0, 0.1) is 19.7 Å². The predicted molar refractivity (Wildman–Crippen MR) is 108 cm³/mol. The number of aryl methyl sites for hydroxylation is 1. The highest BCUT2D eigenvalue weighted by molar-refractivity contribution is 5.79. The van der Waals surface area contributed by atoms with Gasteiger partial charge in [0.15, 0.2) is 5.96 Å². The molecule has 2 aromatic rings. The van der Waals surface area contributed by atoms with Gasteiger partial charge in [0, 0.05) is 32.0 Å². The lowest BCUT2D eigenvalue weighted by Gasteiger charge is -2.18. The van der Waals surface area contributed by atoms with Crippen LogP contribution in [0.3, 0.4) is 0 Å². The molecule has 1 atom stereocenters. The van der Waals surface area contributed by atoms with Gasteiger partial charge in [0.25, 0.3) is 0 Å². The van der Waals surface area contributed by atoms with Gasteiger partial charge in [0.05, 0.1) is 25.4 Å². The van der Waals surface area contributed by atoms with E-state index in [1.54, 1.807) is 26.3 Å². The van der Waals surface area contributed by atoms with E-state index in [0.29, 0.717) is 31.4 Å². The maximum atomic E-state index is 13.0. The van der Waals surface area contributed by atoms with Crippen LogP contribution in [0.15, 0.2) is 29.3 Å². The Morgan fingerprint density at radius 3 is 2.61 bits per heavy atom. The monoisotopic (exact) mass is 391 g/mol. The first-order valence-corrected chi connectivity index (χ1v) is 9.33. The van der Waals surface area contributed by atoms with Crippen molar-refractivity contribution >= 4 is 5.96 Å². The summed E-state index contributed by atoms with van der Waals surface area (Å²) in [6.07, 6.45) is -0.107. The van der Waals surface area contributed by atoms with E-state index in [-0.39, 0.29) is 11.9 Å². The number of benzene rings is 1. The van der Waals surface area contributed by atoms with Gasteiger partial charge in [-0.2, -0.15) is 5.10 Å². The third-order valence-corrected chi connectivity index (χ3v) is 4.40. The summed E-state index contributed by atoms with van der Waals surface area (Å²) in [5.41, 5.74) is 3.25. The molecule has 1 aromatic heterocycles. The molecular formula is C20H30FN5O2. The third-order valence-electron chi connectivity index (χ3n) is 4.40. The van der Waals surface area contributed by atoms with E-state index in [1.165, 1.54) is 12.1 Å². The zero-order valence-corrected chi connectivity index (χ0v) is 17.3. The van der Waals surface area contributed by atoms with Gasteiger partial charge < -0.3 is 20.1 Å². The maximum absolute atomic E-state index is 13.0. The van der Waals surface area contributed by atoms with Crippen molar-refractivity contribution in [1.82, 2.24) is 20.4 Å². The Bertz CT molecular complexity index is 774. The van der Waals surface area contributed by atoms with Crippen LogP contribution in [0.4, 0.5) is 4.39 Å². The number of methoxy groups -OCH3 is 1. The van der Waals surface area contributed by atoms with Gasteiger partial charge in [-0.3, -0.25) is 9.67 Å². The molecule has 0 aliphatic heterocycles. The number of ether oxygens (including phenoxy) is 2. The molecule has 1 heterocycles. The highest BCUT2D eigenvalue weighted by atomic mass is 19.1. The molecule has 2 rings (SSSR count). The first-order valence-electron chi connectivity index (χ1n) is 9.33. The zero-order chi connectivity index (χ0) is 20.5. The number of nitrogens with one attached hydrogen (secondary N) is 2. The van der Waals surface area contributed by atoms with Gasteiger partial charge in [-0.1, -0.05) is 0 Å². The Morgan fingerprint density at radius 1 is 1.25 bits per heavy atom. The van der Waals surface area contributed by atoms with E-state index in [9.17, 15) is 4.39 Å². The third kappa shape index (κ3) is 6.23. The van der Waals surface area contributed by atoms with E-state index in [1.807, 2.05) is 18.5 Å². The molecule has 28 heavy (non-hydrogen) atoms.